The molecule has 0 spiro atoms. The highest BCUT2D eigenvalue weighted by molar-refractivity contribution is 5.71. The van der Waals surface area contributed by atoms with Crippen molar-refractivity contribution in [1.29, 1.82) is 0 Å². The topological polar surface area (TPSA) is 191 Å². The summed E-state index contributed by atoms with van der Waals surface area (Å²) >= 11 is 0. The summed E-state index contributed by atoms with van der Waals surface area (Å²) in [7, 11) is 0. The van der Waals surface area contributed by atoms with Crippen LogP contribution < -0.4 is 0 Å². The third-order valence-corrected chi connectivity index (χ3v) is 8.72. The van der Waals surface area contributed by atoms with E-state index in [9.17, 15) is 28.8 Å². The minimum Gasteiger partial charge on any atom is -0.481 e. The van der Waals surface area contributed by atoms with Crippen molar-refractivity contribution in [3.05, 3.63) is 0 Å². The van der Waals surface area contributed by atoms with E-state index in [0.717, 1.165) is 116 Å². The molecule has 0 aliphatic heterocycles. The van der Waals surface area contributed by atoms with Gasteiger partial charge < -0.3 is 29.5 Å². The number of hydrogen-bond donors (Lipinski definition) is 3. The van der Waals surface area contributed by atoms with Crippen LogP contribution in [0, 0.1) is 0 Å². The van der Waals surface area contributed by atoms with Crippen molar-refractivity contribution in [1.82, 2.24) is 0 Å². The lowest BCUT2D eigenvalue weighted by Crippen LogP contribution is -2.30. The Hall–Kier alpha value is -3.18. The summed E-state index contributed by atoms with van der Waals surface area (Å²) in [4.78, 5) is 69.0. The predicted molar refractivity (Wildman–Crippen MR) is 193 cm³/mol. The highest BCUT2D eigenvalue weighted by atomic mass is 16.6. The largest absolute Gasteiger partial charge is 0.481 e. The van der Waals surface area contributed by atoms with Crippen molar-refractivity contribution in [2.24, 2.45) is 0 Å². The minimum absolute atomic E-state index is 0.178. The summed E-state index contributed by atoms with van der Waals surface area (Å²) in [6.07, 6.45) is 22.2. The molecule has 0 unspecified atom stereocenters. The summed E-state index contributed by atoms with van der Waals surface area (Å²) in [6, 6.07) is 0. The highest BCUT2D eigenvalue weighted by Crippen LogP contribution is 2.14. The van der Waals surface area contributed by atoms with Gasteiger partial charge in [0.1, 0.15) is 13.2 Å². The molecule has 0 fully saturated rings. The van der Waals surface area contributed by atoms with Gasteiger partial charge in [-0.3, -0.25) is 28.8 Å². The van der Waals surface area contributed by atoms with Crippen molar-refractivity contribution in [2.45, 2.75) is 199 Å². The first-order valence-corrected chi connectivity index (χ1v) is 19.8. The SMILES string of the molecule is O=C(O)CCCCCCCCCCC(=O)OCC(COC(=O)CCCCCCCCCCC(=O)O)OC(=O)CCCCCCCCCCC(=O)O. The molecule has 12 nitrogen and oxygen atoms in total. The van der Waals surface area contributed by atoms with E-state index in [1.807, 2.05) is 0 Å². The number of aliphatic carboxylic acids is 3. The molecule has 0 saturated carbocycles. The molecule has 0 rings (SSSR count). The molecule has 296 valence electrons. The number of carboxylic acids is 3. The van der Waals surface area contributed by atoms with Crippen molar-refractivity contribution in [3.8, 4) is 0 Å². The highest BCUT2D eigenvalue weighted by Gasteiger charge is 2.19. The molecule has 0 aliphatic rings. The first-order chi connectivity index (χ1) is 24.6. The number of unbranched alkanes of at least 4 members (excludes halogenated alkanes) is 21. The Morgan fingerprint density at radius 3 is 0.784 bits per heavy atom. The average Bonchev–Trinajstić information content (AvgIpc) is 3.07. The molecule has 3 N–H and O–H groups in total. The first kappa shape index (κ1) is 47.8. The molecule has 0 saturated heterocycles. The Kier molecular flexibility index (Phi) is 33.0. The first-order valence-electron chi connectivity index (χ1n) is 19.8. The number of carbonyl (C=O) groups excluding carboxylic acids is 3. The molecule has 0 atom stereocenters. The zero-order valence-electron chi connectivity index (χ0n) is 31.2. The van der Waals surface area contributed by atoms with Gasteiger partial charge >= 0.3 is 35.8 Å². The number of hydrogen-bond acceptors (Lipinski definition) is 9. The van der Waals surface area contributed by atoms with Gasteiger partial charge in [0.25, 0.3) is 0 Å². The Morgan fingerprint density at radius 1 is 0.314 bits per heavy atom. The van der Waals surface area contributed by atoms with E-state index in [-0.39, 0.29) is 63.7 Å². The number of esters is 3. The van der Waals surface area contributed by atoms with Crippen molar-refractivity contribution < 1.29 is 58.3 Å². The maximum atomic E-state index is 12.6. The average molecular weight is 729 g/mol. The summed E-state index contributed by atoms with van der Waals surface area (Å²) in [6.45, 7) is -0.356. The van der Waals surface area contributed by atoms with Crippen LogP contribution >= 0.6 is 0 Å². The smallest absolute Gasteiger partial charge is 0.306 e. The third kappa shape index (κ3) is 37.9. The second-order valence-electron chi connectivity index (χ2n) is 13.6. The normalized spacial score (nSPS) is 11.0. The maximum Gasteiger partial charge on any atom is 0.306 e. The predicted octanol–water partition coefficient (Wildman–Crippen LogP) is 8.94. The molecule has 0 aromatic carbocycles. The van der Waals surface area contributed by atoms with E-state index < -0.39 is 30.0 Å². The summed E-state index contributed by atoms with van der Waals surface area (Å²) in [5.41, 5.74) is 0. The van der Waals surface area contributed by atoms with Crippen molar-refractivity contribution in [2.75, 3.05) is 13.2 Å². The number of rotatable bonds is 38. The lowest BCUT2D eigenvalue weighted by molar-refractivity contribution is -0.167. The lowest BCUT2D eigenvalue weighted by Gasteiger charge is -2.18. The number of carboxylic acid groups (broad SMARTS) is 3. The third-order valence-electron chi connectivity index (χ3n) is 8.72. The Bertz CT molecular complexity index is 885. The lowest BCUT2D eigenvalue weighted by atomic mass is 10.1. The monoisotopic (exact) mass is 728 g/mol. The number of ether oxygens (including phenoxy) is 3. The molecule has 0 heterocycles. The summed E-state index contributed by atoms with van der Waals surface area (Å²) < 4.78 is 16.3. The van der Waals surface area contributed by atoms with Crippen LogP contribution in [-0.4, -0.2) is 70.5 Å². The molecule has 0 aliphatic carbocycles. The van der Waals surface area contributed by atoms with Crippen LogP contribution in [0.4, 0.5) is 0 Å². The van der Waals surface area contributed by atoms with Gasteiger partial charge in [-0.05, 0) is 38.5 Å². The maximum absolute atomic E-state index is 12.6. The second-order valence-corrected chi connectivity index (χ2v) is 13.6. The molecular weight excluding hydrogens is 660 g/mol. The standard InChI is InChI=1S/C39H68O12/c40-34(41)25-19-13-7-1-4-10-16-22-28-37(46)49-31-33(51-39(48)30-24-18-12-6-3-9-15-21-27-36(44)45)32-50-38(47)29-23-17-11-5-2-8-14-20-26-35(42)43/h33H,1-32H2,(H,40,41)(H,42,43)(H,44,45). The molecular formula is C39H68O12. The molecule has 0 amide bonds. The molecule has 0 bridgehead atoms. The fourth-order valence-corrected chi connectivity index (χ4v) is 5.70. The molecule has 0 aromatic heterocycles. The molecule has 0 radical (unpaired) electrons. The molecule has 0 aromatic rings. The molecule has 51 heavy (non-hydrogen) atoms. The fourth-order valence-electron chi connectivity index (χ4n) is 5.70. The van der Waals surface area contributed by atoms with Gasteiger partial charge in [0.2, 0.25) is 0 Å². The van der Waals surface area contributed by atoms with Gasteiger partial charge in [0, 0.05) is 38.5 Å². The van der Waals surface area contributed by atoms with Crippen molar-refractivity contribution in [3.63, 3.8) is 0 Å². The fraction of sp³-hybridized carbons (Fsp3) is 0.846. The van der Waals surface area contributed by atoms with Crippen LogP contribution in [0.3, 0.4) is 0 Å². The quantitative estimate of drug-likeness (QED) is 0.0311. The van der Waals surface area contributed by atoms with E-state index in [1.54, 1.807) is 0 Å². The zero-order chi connectivity index (χ0) is 37.8. The van der Waals surface area contributed by atoms with E-state index >= 15 is 0 Å². The van der Waals surface area contributed by atoms with E-state index in [2.05, 4.69) is 0 Å². The Labute approximate surface area is 305 Å². The van der Waals surface area contributed by atoms with Gasteiger partial charge in [-0.2, -0.15) is 0 Å². The Balaban J connectivity index is 4.37. The Morgan fingerprint density at radius 2 is 0.529 bits per heavy atom. The number of carbonyl (C=O) groups is 6. The molecule has 12 heteroatoms. The van der Waals surface area contributed by atoms with E-state index in [0.29, 0.717) is 38.5 Å². The minimum atomic E-state index is -0.876. The van der Waals surface area contributed by atoms with Crippen LogP contribution in [0.25, 0.3) is 0 Å². The van der Waals surface area contributed by atoms with Gasteiger partial charge in [-0.25, -0.2) is 0 Å². The summed E-state index contributed by atoms with van der Waals surface area (Å²) in [5.74, 6) is -3.47. The van der Waals surface area contributed by atoms with Crippen LogP contribution in [0.1, 0.15) is 193 Å². The van der Waals surface area contributed by atoms with Gasteiger partial charge in [-0.1, -0.05) is 116 Å². The van der Waals surface area contributed by atoms with Crippen LogP contribution in [0.5, 0.6) is 0 Å². The van der Waals surface area contributed by atoms with Gasteiger partial charge in [0.05, 0.1) is 0 Å². The second kappa shape index (κ2) is 35.2. The van der Waals surface area contributed by atoms with Crippen molar-refractivity contribution >= 4 is 35.8 Å². The summed E-state index contributed by atoms with van der Waals surface area (Å²) in [5, 5.41) is 26.1. The van der Waals surface area contributed by atoms with Crippen LogP contribution in [0.15, 0.2) is 0 Å². The van der Waals surface area contributed by atoms with E-state index in [1.165, 1.54) is 0 Å². The van der Waals surface area contributed by atoms with Gasteiger partial charge in [-0.15, -0.1) is 0 Å². The van der Waals surface area contributed by atoms with Gasteiger partial charge in [0.15, 0.2) is 6.10 Å². The zero-order valence-corrected chi connectivity index (χ0v) is 31.2. The van der Waals surface area contributed by atoms with Crippen LogP contribution in [-0.2, 0) is 43.0 Å². The van der Waals surface area contributed by atoms with Crippen LogP contribution in [0.2, 0.25) is 0 Å². The van der Waals surface area contributed by atoms with E-state index in [4.69, 9.17) is 29.5 Å².